The second-order valence-electron chi connectivity index (χ2n) is 6.25. The Morgan fingerprint density at radius 2 is 1.54 bits per heavy atom. The Bertz CT molecular complexity index is 656. The van der Waals surface area contributed by atoms with E-state index in [2.05, 4.69) is 67.2 Å². The molecule has 128 valence electrons. The van der Waals surface area contributed by atoms with Crippen LogP contribution in [-0.2, 0) is 21.7 Å². The first-order valence-corrected chi connectivity index (χ1v) is 10.5. The summed E-state index contributed by atoms with van der Waals surface area (Å²) in [4.78, 5) is 4.55. The average molecular weight is 395 g/mol. The van der Waals surface area contributed by atoms with Crippen molar-refractivity contribution < 1.29 is 26.3 Å². The molecular formula is C19H29N2P2Ti+. The average Bonchev–Trinajstić information content (AvgIpc) is 3.10. The van der Waals surface area contributed by atoms with Crippen LogP contribution in [0.15, 0.2) is 29.3 Å². The Hall–Kier alpha value is -0.386. The van der Waals surface area contributed by atoms with E-state index in [4.69, 9.17) is 0 Å². The normalized spacial score (nSPS) is 12.5. The van der Waals surface area contributed by atoms with Crippen molar-refractivity contribution >= 4 is 28.8 Å². The van der Waals surface area contributed by atoms with Gasteiger partial charge in [-0.25, -0.2) is 4.58 Å². The molecule has 5 heteroatoms. The van der Waals surface area contributed by atoms with Crippen molar-refractivity contribution in [2.24, 2.45) is 4.99 Å². The fourth-order valence-corrected chi connectivity index (χ4v) is 4.60. The number of nitrogens with zero attached hydrogens (tertiary/aromatic N) is 2. The number of aliphatic imine (C=N–C) groups is 1. The molecule has 0 saturated carbocycles. The molecule has 2 heterocycles. The van der Waals surface area contributed by atoms with Crippen LogP contribution in [0.4, 0.5) is 0 Å². The molecule has 0 aliphatic carbocycles. The van der Waals surface area contributed by atoms with Gasteiger partial charge in [0, 0.05) is 46.2 Å². The largest absolute Gasteiger partial charge is 0.292 e. The van der Waals surface area contributed by atoms with Crippen molar-refractivity contribution in [2.75, 3.05) is 20.1 Å². The second kappa shape index (κ2) is 12.0. The van der Waals surface area contributed by atoms with Crippen LogP contribution in [-0.4, -0.2) is 37.1 Å². The fraction of sp³-hybridized carbons (Fsp3) is 0.474. The van der Waals surface area contributed by atoms with E-state index in [0.29, 0.717) is 0 Å². The second-order valence-corrected chi connectivity index (χ2v) is 9.48. The molecule has 0 radical (unpaired) electrons. The molecular weight excluding hydrogens is 366 g/mol. The van der Waals surface area contributed by atoms with Crippen LogP contribution in [0.5, 0.6) is 0 Å². The van der Waals surface area contributed by atoms with Crippen molar-refractivity contribution in [1.82, 2.24) is 0 Å². The molecule has 2 atom stereocenters. The van der Waals surface area contributed by atoms with Crippen molar-refractivity contribution in [2.45, 2.75) is 39.5 Å². The molecule has 0 N–H and O–H groups in total. The van der Waals surface area contributed by atoms with E-state index in [-0.39, 0.29) is 21.7 Å². The quantitative estimate of drug-likeness (QED) is 0.243. The van der Waals surface area contributed by atoms with Gasteiger partial charge in [-0.05, 0) is 49.4 Å². The number of aryl methyl sites for hydroxylation is 2. The van der Waals surface area contributed by atoms with E-state index >= 15 is 0 Å². The third-order valence-corrected chi connectivity index (χ3v) is 6.14. The van der Waals surface area contributed by atoms with Gasteiger partial charge in [-0.1, -0.05) is 18.6 Å². The van der Waals surface area contributed by atoms with Crippen molar-refractivity contribution in [3.8, 4) is 0 Å². The van der Waals surface area contributed by atoms with Crippen LogP contribution in [0, 0.1) is 13.8 Å². The summed E-state index contributed by atoms with van der Waals surface area (Å²) >= 11 is 0. The SMILES string of the molecule is Cc1ccc(C=NCCCCCC[N+](C)=Cc2ccc(C)[pH]2)[pH]1.[Ti]. The molecule has 2 rings (SSSR count). The van der Waals surface area contributed by atoms with E-state index in [1.165, 1.54) is 46.9 Å². The summed E-state index contributed by atoms with van der Waals surface area (Å²) in [5.74, 6) is 0. The van der Waals surface area contributed by atoms with Gasteiger partial charge >= 0.3 is 0 Å². The molecule has 2 unspecified atom stereocenters. The monoisotopic (exact) mass is 395 g/mol. The number of unbranched alkanes of at least 4 members (excludes halogenated alkanes) is 3. The van der Waals surface area contributed by atoms with E-state index < -0.39 is 0 Å². The maximum Gasteiger partial charge on any atom is 0.174 e. The van der Waals surface area contributed by atoms with Gasteiger partial charge in [0.05, 0.1) is 5.30 Å². The van der Waals surface area contributed by atoms with Crippen LogP contribution in [0.3, 0.4) is 0 Å². The zero-order valence-electron chi connectivity index (χ0n) is 15.1. The molecule has 0 aliphatic heterocycles. The minimum Gasteiger partial charge on any atom is -0.292 e. The van der Waals surface area contributed by atoms with Gasteiger partial charge in [-0.3, -0.25) is 4.99 Å². The molecule has 0 amide bonds. The van der Waals surface area contributed by atoms with Crippen LogP contribution < -0.4 is 0 Å². The van der Waals surface area contributed by atoms with Gasteiger partial charge in [0.25, 0.3) is 0 Å². The van der Waals surface area contributed by atoms with Crippen molar-refractivity contribution in [3.05, 3.63) is 45.4 Å². The van der Waals surface area contributed by atoms with E-state index in [0.717, 1.165) is 29.5 Å². The predicted molar refractivity (Wildman–Crippen MR) is 109 cm³/mol. The minimum atomic E-state index is 0. The Labute approximate surface area is 164 Å². The summed E-state index contributed by atoms with van der Waals surface area (Å²) in [6.45, 7) is 6.52. The standard InChI is InChI=1S/C19H29N2P2.Ti/c1-16-8-10-18(22-16)14-20-12-6-4-5-7-13-21(3)15-19-11-9-17(2)23-19;/h8-11,14-15,22-23H,4-7,12-13H2,1-3H3;/q+1;. The van der Waals surface area contributed by atoms with Gasteiger partial charge in [-0.15, -0.1) is 16.4 Å². The topological polar surface area (TPSA) is 15.4 Å². The molecule has 0 aliphatic rings. The third-order valence-electron chi connectivity index (χ3n) is 3.85. The number of rotatable bonds is 9. The molecule has 2 aromatic heterocycles. The van der Waals surface area contributed by atoms with E-state index in [1.807, 2.05) is 0 Å². The molecule has 2 aromatic rings. The predicted octanol–water partition coefficient (Wildman–Crippen LogP) is 5.10. The Morgan fingerprint density at radius 3 is 2.17 bits per heavy atom. The molecule has 0 saturated heterocycles. The summed E-state index contributed by atoms with van der Waals surface area (Å²) in [6, 6.07) is 8.88. The van der Waals surface area contributed by atoms with E-state index in [1.54, 1.807) is 0 Å². The molecule has 0 spiro atoms. The van der Waals surface area contributed by atoms with Crippen LogP contribution in [0.2, 0.25) is 0 Å². The first-order chi connectivity index (χ1) is 11.1. The van der Waals surface area contributed by atoms with Gasteiger partial charge in [0.1, 0.15) is 13.6 Å². The summed E-state index contributed by atoms with van der Waals surface area (Å²) in [5, 5.41) is 5.80. The van der Waals surface area contributed by atoms with Gasteiger partial charge in [-0.2, -0.15) is 0 Å². The summed E-state index contributed by atoms with van der Waals surface area (Å²) in [5.41, 5.74) is 0. The van der Waals surface area contributed by atoms with Gasteiger partial charge < -0.3 is 0 Å². The van der Waals surface area contributed by atoms with Crippen molar-refractivity contribution in [1.29, 1.82) is 0 Å². The molecule has 24 heavy (non-hydrogen) atoms. The molecule has 2 nitrogen and oxygen atoms in total. The van der Waals surface area contributed by atoms with E-state index in [9.17, 15) is 0 Å². The summed E-state index contributed by atoms with van der Waals surface area (Å²) in [7, 11) is 3.90. The summed E-state index contributed by atoms with van der Waals surface area (Å²) < 4.78 is 2.34. The first-order valence-electron chi connectivity index (χ1n) is 8.49. The van der Waals surface area contributed by atoms with Crippen LogP contribution in [0.25, 0.3) is 0 Å². The molecule has 0 bridgehead atoms. The maximum absolute atomic E-state index is 4.55. The molecule has 0 aromatic carbocycles. The van der Waals surface area contributed by atoms with Crippen molar-refractivity contribution in [3.63, 3.8) is 0 Å². The zero-order valence-corrected chi connectivity index (χ0v) is 18.7. The Morgan fingerprint density at radius 1 is 0.917 bits per heavy atom. The minimum absolute atomic E-state index is 0. The van der Waals surface area contributed by atoms with Crippen LogP contribution >= 0.6 is 16.4 Å². The number of hydrogen-bond acceptors (Lipinski definition) is 1. The Kier molecular flexibility index (Phi) is 10.9. The molecule has 0 fully saturated rings. The third kappa shape index (κ3) is 8.63. The first kappa shape index (κ1) is 21.7. The van der Waals surface area contributed by atoms with Crippen LogP contribution in [0.1, 0.15) is 46.9 Å². The zero-order chi connectivity index (χ0) is 16.5. The Balaban J connectivity index is 0.00000288. The smallest absolute Gasteiger partial charge is 0.174 e. The maximum atomic E-state index is 4.55. The summed E-state index contributed by atoms with van der Waals surface area (Å²) in [6.07, 6.45) is 9.45. The number of hydrogen-bond donors (Lipinski definition) is 0. The fourth-order valence-electron chi connectivity index (χ4n) is 2.58. The van der Waals surface area contributed by atoms with Gasteiger partial charge in [0.2, 0.25) is 0 Å². The van der Waals surface area contributed by atoms with Gasteiger partial charge in [0.15, 0.2) is 6.21 Å².